The second-order valence-electron chi connectivity index (χ2n) is 8.73. The Labute approximate surface area is 215 Å². The normalized spacial score (nSPS) is 17.2. The van der Waals surface area contributed by atoms with Crippen molar-refractivity contribution in [1.29, 1.82) is 0 Å². The first-order chi connectivity index (χ1) is 18.2. The van der Waals surface area contributed by atoms with Crippen molar-refractivity contribution in [2.45, 2.75) is 18.7 Å². The molecule has 194 valence electrons. The van der Waals surface area contributed by atoms with Crippen LogP contribution >= 0.6 is 0 Å². The minimum atomic E-state index is -4.62. The van der Waals surface area contributed by atoms with Gasteiger partial charge in [-0.05, 0) is 36.4 Å². The van der Waals surface area contributed by atoms with E-state index in [4.69, 9.17) is 9.47 Å². The van der Waals surface area contributed by atoms with Gasteiger partial charge in [-0.3, -0.25) is 9.59 Å². The number of aromatic nitrogens is 1. The number of fused-ring (bicyclic) bond motifs is 1. The van der Waals surface area contributed by atoms with Crippen LogP contribution in [0.15, 0.2) is 78.9 Å². The number of amides is 1. The maximum atomic E-state index is 13.4. The number of hydrogen-bond donors (Lipinski definition) is 2. The fourth-order valence-corrected chi connectivity index (χ4v) is 4.46. The van der Waals surface area contributed by atoms with E-state index in [1.54, 1.807) is 66.7 Å². The molecule has 7 nitrogen and oxygen atoms in total. The summed E-state index contributed by atoms with van der Waals surface area (Å²) in [6.45, 7) is 0. The fraction of sp³-hybridized carbons (Fsp3) is 0.179. The Kier molecular flexibility index (Phi) is 6.62. The fourth-order valence-electron chi connectivity index (χ4n) is 4.46. The number of anilines is 3. The Morgan fingerprint density at radius 1 is 1.00 bits per heavy atom. The molecule has 38 heavy (non-hydrogen) atoms. The summed E-state index contributed by atoms with van der Waals surface area (Å²) in [5, 5.41) is 6.32. The summed E-state index contributed by atoms with van der Waals surface area (Å²) < 4.78 is 51.1. The zero-order chi connectivity index (χ0) is 26.9. The summed E-state index contributed by atoms with van der Waals surface area (Å²) in [5.74, 6) is -1.23. The van der Waals surface area contributed by atoms with E-state index in [9.17, 15) is 22.8 Å². The third-order valence-electron chi connectivity index (χ3n) is 6.21. The number of ether oxygens (including phenoxy) is 2. The largest absolute Gasteiger partial charge is 0.496 e. The lowest BCUT2D eigenvalue weighted by Crippen LogP contribution is -2.25. The number of alkyl halides is 3. The van der Waals surface area contributed by atoms with Crippen molar-refractivity contribution >= 4 is 39.8 Å². The van der Waals surface area contributed by atoms with Crippen LogP contribution in [-0.2, 0) is 20.5 Å². The van der Waals surface area contributed by atoms with Gasteiger partial charge in [-0.1, -0.05) is 42.5 Å². The lowest BCUT2D eigenvalue weighted by molar-refractivity contribution is -0.142. The van der Waals surface area contributed by atoms with E-state index in [2.05, 4.69) is 15.6 Å². The Hall–Kier alpha value is -4.60. The van der Waals surface area contributed by atoms with Gasteiger partial charge in [0, 0.05) is 22.3 Å². The average molecular weight is 521 g/mol. The van der Waals surface area contributed by atoms with Crippen LogP contribution in [0.1, 0.15) is 23.8 Å². The standard InChI is InChI=1S/C28H22F3N3O4/c1-37-23-12-5-3-10-19(23)26-20(14-25(35)38-26)27(36)33-17-8-6-7-16(13-17)32-22-15-24(28(29,30)31)34-21-11-4-2-9-18(21)22/h2-13,15,20,26H,14H2,1H3,(H,32,34)(H,33,36)/t20?,26-/m0/s1. The highest BCUT2D eigenvalue weighted by molar-refractivity contribution is 5.97. The molecule has 2 atom stereocenters. The van der Waals surface area contributed by atoms with E-state index in [0.717, 1.165) is 6.07 Å². The van der Waals surface area contributed by atoms with Crippen LogP contribution < -0.4 is 15.4 Å². The van der Waals surface area contributed by atoms with Gasteiger partial charge < -0.3 is 20.1 Å². The first kappa shape index (κ1) is 25.1. The molecular weight excluding hydrogens is 499 g/mol. The van der Waals surface area contributed by atoms with Crippen molar-refractivity contribution in [2.75, 3.05) is 17.7 Å². The lowest BCUT2D eigenvalue weighted by Gasteiger charge is -2.20. The summed E-state index contributed by atoms with van der Waals surface area (Å²) >= 11 is 0. The quantitative estimate of drug-likeness (QED) is 0.292. The number of rotatable bonds is 6. The molecule has 10 heteroatoms. The minimum Gasteiger partial charge on any atom is -0.496 e. The molecule has 1 fully saturated rings. The number of hydrogen-bond acceptors (Lipinski definition) is 6. The SMILES string of the molecule is COc1ccccc1[C@@H]1OC(=O)CC1C(=O)Nc1cccc(Nc2cc(C(F)(F)F)nc3ccccc23)c1. The molecular formula is C28H22F3N3O4. The van der Waals surface area contributed by atoms with Gasteiger partial charge in [-0.2, -0.15) is 13.2 Å². The molecule has 1 aliphatic rings. The van der Waals surface area contributed by atoms with Gasteiger partial charge in [0.15, 0.2) is 0 Å². The van der Waals surface area contributed by atoms with Gasteiger partial charge in [-0.15, -0.1) is 0 Å². The highest BCUT2D eigenvalue weighted by atomic mass is 19.4. The van der Waals surface area contributed by atoms with Crippen molar-refractivity contribution in [3.8, 4) is 5.75 Å². The number of esters is 1. The minimum absolute atomic E-state index is 0.101. The van der Waals surface area contributed by atoms with Crippen LogP contribution in [0.25, 0.3) is 10.9 Å². The number of nitrogens with zero attached hydrogens (tertiary/aromatic N) is 1. The molecule has 4 aromatic rings. The molecule has 1 saturated heterocycles. The summed E-state index contributed by atoms with van der Waals surface area (Å²) in [5.41, 5.74) is 0.831. The number of pyridine rings is 1. The number of para-hydroxylation sites is 2. The second kappa shape index (κ2) is 10.0. The molecule has 2 N–H and O–H groups in total. The maximum Gasteiger partial charge on any atom is 0.433 e. The van der Waals surface area contributed by atoms with E-state index in [-0.39, 0.29) is 17.6 Å². The van der Waals surface area contributed by atoms with Gasteiger partial charge in [0.2, 0.25) is 5.91 Å². The van der Waals surface area contributed by atoms with Gasteiger partial charge in [0.25, 0.3) is 0 Å². The van der Waals surface area contributed by atoms with Crippen molar-refractivity contribution in [3.63, 3.8) is 0 Å². The molecule has 1 aromatic heterocycles. The van der Waals surface area contributed by atoms with Crippen molar-refractivity contribution < 1.29 is 32.2 Å². The number of methoxy groups -OCH3 is 1. The zero-order valence-electron chi connectivity index (χ0n) is 20.1. The van der Waals surface area contributed by atoms with Crippen LogP contribution in [0, 0.1) is 5.92 Å². The van der Waals surface area contributed by atoms with Gasteiger partial charge >= 0.3 is 12.1 Å². The summed E-state index contributed by atoms with van der Waals surface area (Å²) in [6.07, 6.45) is -5.53. The van der Waals surface area contributed by atoms with Crippen molar-refractivity contribution in [1.82, 2.24) is 4.98 Å². The third kappa shape index (κ3) is 5.10. The molecule has 1 amide bonds. The van der Waals surface area contributed by atoms with Crippen molar-refractivity contribution in [2.24, 2.45) is 5.92 Å². The average Bonchev–Trinajstić information content (AvgIpc) is 3.30. The Bertz CT molecular complexity index is 1520. The van der Waals surface area contributed by atoms with Crippen LogP contribution in [0.3, 0.4) is 0 Å². The molecule has 3 aromatic carbocycles. The molecule has 0 radical (unpaired) electrons. The summed E-state index contributed by atoms with van der Waals surface area (Å²) in [6, 6.07) is 21.0. The predicted molar refractivity (Wildman–Crippen MR) is 135 cm³/mol. The highest BCUT2D eigenvalue weighted by Crippen LogP contribution is 2.40. The summed E-state index contributed by atoms with van der Waals surface area (Å²) in [4.78, 5) is 29.1. The number of cyclic esters (lactones) is 1. The molecule has 0 aliphatic carbocycles. The Morgan fingerprint density at radius 3 is 2.53 bits per heavy atom. The molecule has 2 heterocycles. The first-order valence-corrected chi connectivity index (χ1v) is 11.7. The van der Waals surface area contributed by atoms with E-state index in [1.807, 2.05) is 0 Å². The number of nitrogens with one attached hydrogen (secondary N) is 2. The van der Waals surface area contributed by atoms with Gasteiger partial charge in [0.1, 0.15) is 17.5 Å². The molecule has 5 rings (SSSR count). The first-order valence-electron chi connectivity index (χ1n) is 11.7. The van der Waals surface area contributed by atoms with Gasteiger partial charge in [0.05, 0.1) is 30.7 Å². The molecule has 0 saturated carbocycles. The second-order valence-corrected chi connectivity index (χ2v) is 8.73. The number of carbonyl (C=O) groups excluding carboxylic acids is 2. The molecule has 0 bridgehead atoms. The van der Waals surface area contributed by atoms with Crippen LogP contribution in [0.2, 0.25) is 0 Å². The lowest BCUT2D eigenvalue weighted by atomic mass is 9.93. The number of benzene rings is 3. The molecule has 1 unspecified atom stereocenters. The summed E-state index contributed by atoms with van der Waals surface area (Å²) in [7, 11) is 1.49. The van der Waals surface area contributed by atoms with Crippen LogP contribution in [0.4, 0.5) is 30.2 Å². The zero-order valence-corrected chi connectivity index (χ0v) is 20.1. The highest BCUT2D eigenvalue weighted by Gasteiger charge is 2.42. The van der Waals surface area contributed by atoms with E-state index >= 15 is 0 Å². The van der Waals surface area contributed by atoms with E-state index in [0.29, 0.717) is 28.1 Å². The van der Waals surface area contributed by atoms with Crippen molar-refractivity contribution in [3.05, 3.63) is 90.1 Å². The van der Waals surface area contributed by atoms with E-state index in [1.165, 1.54) is 13.2 Å². The topological polar surface area (TPSA) is 89.5 Å². The molecule has 1 aliphatic heterocycles. The monoisotopic (exact) mass is 521 g/mol. The number of halogens is 3. The van der Waals surface area contributed by atoms with E-state index < -0.39 is 35.8 Å². The third-order valence-corrected chi connectivity index (χ3v) is 6.21. The predicted octanol–water partition coefficient (Wildman–Crippen LogP) is 6.25. The Morgan fingerprint density at radius 2 is 1.74 bits per heavy atom. The van der Waals surface area contributed by atoms with Gasteiger partial charge in [-0.25, -0.2) is 4.98 Å². The molecule has 0 spiro atoms. The maximum absolute atomic E-state index is 13.4. The van der Waals surface area contributed by atoms with Crippen LogP contribution in [0.5, 0.6) is 5.75 Å². The smallest absolute Gasteiger partial charge is 0.433 e. The number of carbonyl (C=O) groups is 2. The Balaban J connectivity index is 1.39. The van der Waals surface area contributed by atoms with Crippen LogP contribution in [-0.4, -0.2) is 24.0 Å².